The quantitative estimate of drug-likeness (QED) is 0.793. The van der Waals surface area contributed by atoms with Crippen LogP contribution in [0.25, 0.3) is 0 Å². The van der Waals surface area contributed by atoms with Crippen LogP contribution in [0.5, 0.6) is 0 Å². The second-order valence-corrected chi connectivity index (χ2v) is 3.07. The number of hydrogen-bond acceptors (Lipinski definition) is 3. The van der Waals surface area contributed by atoms with Crippen molar-refractivity contribution in [3.8, 4) is 0 Å². The van der Waals surface area contributed by atoms with Gasteiger partial charge in [-0.1, -0.05) is 15.9 Å². The molecule has 0 fully saturated rings. The molecule has 0 aliphatic rings. The van der Waals surface area contributed by atoms with E-state index in [4.69, 9.17) is 10.8 Å². The van der Waals surface area contributed by atoms with Gasteiger partial charge in [0.25, 0.3) is 0 Å². The van der Waals surface area contributed by atoms with Gasteiger partial charge in [0.1, 0.15) is 6.04 Å². The monoisotopic (exact) mass is 230 g/mol. The molecule has 0 spiro atoms. The molecule has 0 saturated heterocycles. The third-order valence-corrected chi connectivity index (χ3v) is 2.12. The molecule has 64 valence electrons. The average molecular weight is 231 g/mol. The third-order valence-electron chi connectivity index (χ3n) is 1.40. The highest BCUT2D eigenvalue weighted by molar-refractivity contribution is 9.10. The second-order valence-electron chi connectivity index (χ2n) is 2.21. The fourth-order valence-corrected chi connectivity index (χ4v) is 1.22. The lowest BCUT2D eigenvalue weighted by Gasteiger charge is -2.07. The van der Waals surface area contributed by atoms with Gasteiger partial charge >= 0.3 is 5.97 Å². The van der Waals surface area contributed by atoms with Gasteiger partial charge in [0.2, 0.25) is 0 Å². The number of halogens is 1. The summed E-state index contributed by atoms with van der Waals surface area (Å²) in [5, 5.41) is 8.59. The molecule has 1 rings (SSSR count). The van der Waals surface area contributed by atoms with E-state index < -0.39 is 12.0 Å². The first-order chi connectivity index (χ1) is 5.63. The van der Waals surface area contributed by atoms with E-state index >= 15 is 0 Å². The number of carboxylic acid groups (broad SMARTS) is 1. The Balaban J connectivity index is 3.02. The fraction of sp³-hybridized carbons (Fsp3) is 0.143. The third kappa shape index (κ3) is 1.80. The summed E-state index contributed by atoms with van der Waals surface area (Å²) < 4.78 is 0.660. The van der Waals surface area contributed by atoms with Crippen LogP contribution in [0.1, 0.15) is 11.6 Å². The molecule has 0 aromatic carbocycles. The summed E-state index contributed by atoms with van der Waals surface area (Å²) in [6.45, 7) is 0. The molecule has 4 nitrogen and oxygen atoms in total. The number of carboxylic acids is 1. The number of hydrogen-bond donors (Lipinski definition) is 2. The summed E-state index contributed by atoms with van der Waals surface area (Å²) >= 11 is 3.18. The predicted molar refractivity (Wildman–Crippen MR) is 46.5 cm³/mol. The van der Waals surface area contributed by atoms with Gasteiger partial charge in [-0.05, 0) is 6.07 Å². The molecular formula is C7H7BrN2O2. The van der Waals surface area contributed by atoms with Crippen LogP contribution in [0.15, 0.2) is 22.9 Å². The molecular weight excluding hydrogens is 224 g/mol. The lowest BCUT2D eigenvalue weighted by molar-refractivity contribution is -0.138. The summed E-state index contributed by atoms with van der Waals surface area (Å²) in [6.07, 6.45) is 2.99. The number of aromatic nitrogens is 1. The molecule has 0 unspecified atom stereocenters. The standard InChI is InChI=1S/C7H7BrN2O2/c8-5-1-2-10-3-4(5)6(9)7(11)12/h1-3,6H,9H2,(H,11,12)/t6-/m0/s1. The van der Waals surface area contributed by atoms with Crippen LogP contribution in [-0.4, -0.2) is 16.1 Å². The molecule has 0 amide bonds. The van der Waals surface area contributed by atoms with Crippen molar-refractivity contribution in [1.82, 2.24) is 4.98 Å². The smallest absolute Gasteiger partial charge is 0.325 e. The van der Waals surface area contributed by atoms with Gasteiger partial charge in [0.05, 0.1) is 0 Å². The minimum Gasteiger partial charge on any atom is -0.480 e. The molecule has 12 heavy (non-hydrogen) atoms. The Bertz CT molecular complexity index is 303. The van der Waals surface area contributed by atoms with Crippen molar-refractivity contribution in [2.75, 3.05) is 0 Å². The Morgan fingerprint density at radius 3 is 2.92 bits per heavy atom. The van der Waals surface area contributed by atoms with Crippen molar-refractivity contribution in [2.24, 2.45) is 5.73 Å². The highest BCUT2D eigenvalue weighted by Gasteiger charge is 2.16. The Morgan fingerprint density at radius 1 is 1.75 bits per heavy atom. The summed E-state index contributed by atoms with van der Waals surface area (Å²) in [5.41, 5.74) is 5.85. The zero-order valence-electron chi connectivity index (χ0n) is 6.07. The molecule has 1 aromatic rings. The normalized spacial score (nSPS) is 12.5. The SMILES string of the molecule is N[C@H](C(=O)O)c1cnccc1Br. The minimum atomic E-state index is -1.07. The number of pyridine rings is 1. The van der Waals surface area contributed by atoms with Crippen molar-refractivity contribution >= 4 is 21.9 Å². The van der Waals surface area contributed by atoms with E-state index in [1.54, 1.807) is 12.3 Å². The van der Waals surface area contributed by atoms with Gasteiger partial charge in [-0.25, -0.2) is 0 Å². The Labute approximate surface area is 77.5 Å². The Kier molecular flexibility index (Phi) is 2.78. The topological polar surface area (TPSA) is 76.2 Å². The first kappa shape index (κ1) is 9.15. The lowest BCUT2D eigenvalue weighted by atomic mass is 10.1. The zero-order chi connectivity index (χ0) is 9.14. The predicted octanol–water partition coefficient (Wildman–Crippen LogP) is 0.928. The van der Waals surface area contributed by atoms with E-state index in [9.17, 15) is 4.79 Å². The maximum Gasteiger partial charge on any atom is 0.325 e. The molecule has 1 atom stereocenters. The number of rotatable bonds is 2. The number of aliphatic carboxylic acids is 1. The molecule has 0 radical (unpaired) electrons. The highest BCUT2D eigenvalue weighted by Crippen LogP contribution is 2.20. The molecule has 0 aliphatic heterocycles. The molecule has 1 heterocycles. The van der Waals surface area contributed by atoms with Gasteiger partial charge < -0.3 is 10.8 Å². The van der Waals surface area contributed by atoms with Gasteiger partial charge in [-0.2, -0.15) is 0 Å². The van der Waals surface area contributed by atoms with E-state index in [1.807, 2.05) is 0 Å². The van der Waals surface area contributed by atoms with Gasteiger partial charge in [0, 0.05) is 22.4 Å². The number of carbonyl (C=O) groups is 1. The van der Waals surface area contributed by atoms with Crippen LogP contribution in [-0.2, 0) is 4.79 Å². The Hall–Kier alpha value is -0.940. The number of nitrogens with zero attached hydrogens (tertiary/aromatic N) is 1. The lowest BCUT2D eigenvalue weighted by Crippen LogP contribution is -2.21. The Morgan fingerprint density at radius 2 is 2.42 bits per heavy atom. The van der Waals surface area contributed by atoms with Gasteiger partial charge in [-0.15, -0.1) is 0 Å². The van der Waals surface area contributed by atoms with E-state index in [0.717, 1.165) is 0 Å². The molecule has 1 aromatic heterocycles. The van der Waals surface area contributed by atoms with Crippen molar-refractivity contribution in [3.63, 3.8) is 0 Å². The van der Waals surface area contributed by atoms with Crippen molar-refractivity contribution < 1.29 is 9.90 Å². The summed E-state index contributed by atoms with van der Waals surface area (Å²) in [5.74, 6) is -1.07. The van der Waals surface area contributed by atoms with E-state index in [0.29, 0.717) is 10.0 Å². The van der Waals surface area contributed by atoms with Crippen molar-refractivity contribution in [2.45, 2.75) is 6.04 Å². The maximum absolute atomic E-state index is 10.5. The highest BCUT2D eigenvalue weighted by atomic mass is 79.9. The van der Waals surface area contributed by atoms with Crippen LogP contribution in [0.2, 0.25) is 0 Å². The molecule has 5 heteroatoms. The van der Waals surface area contributed by atoms with Crippen LogP contribution in [0.4, 0.5) is 0 Å². The largest absolute Gasteiger partial charge is 0.480 e. The first-order valence-electron chi connectivity index (χ1n) is 3.20. The van der Waals surface area contributed by atoms with E-state index in [-0.39, 0.29) is 0 Å². The van der Waals surface area contributed by atoms with Gasteiger partial charge in [-0.3, -0.25) is 9.78 Å². The minimum absolute atomic E-state index is 0.477. The summed E-state index contributed by atoms with van der Waals surface area (Å²) in [6, 6.07) is 0.631. The first-order valence-corrected chi connectivity index (χ1v) is 4.00. The van der Waals surface area contributed by atoms with Crippen LogP contribution in [0, 0.1) is 0 Å². The van der Waals surface area contributed by atoms with Crippen molar-refractivity contribution in [3.05, 3.63) is 28.5 Å². The molecule has 0 saturated carbocycles. The molecule has 0 aliphatic carbocycles. The summed E-state index contributed by atoms with van der Waals surface area (Å²) in [4.78, 5) is 14.3. The van der Waals surface area contributed by atoms with E-state index in [1.165, 1.54) is 6.20 Å². The van der Waals surface area contributed by atoms with Crippen LogP contribution < -0.4 is 5.73 Å². The molecule has 3 N–H and O–H groups in total. The molecule has 0 bridgehead atoms. The van der Waals surface area contributed by atoms with Crippen molar-refractivity contribution in [1.29, 1.82) is 0 Å². The van der Waals surface area contributed by atoms with E-state index in [2.05, 4.69) is 20.9 Å². The number of nitrogens with two attached hydrogens (primary N) is 1. The average Bonchev–Trinajstić information content (AvgIpc) is 2.04. The zero-order valence-corrected chi connectivity index (χ0v) is 7.65. The van der Waals surface area contributed by atoms with Crippen LogP contribution in [0.3, 0.4) is 0 Å². The van der Waals surface area contributed by atoms with Crippen LogP contribution >= 0.6 is 15.9 Å². The van der Waals surface area contributed by atoms with Gasteiger partial charge in [0.15, 0.2) is 0 Å². The maximum atomic E-state index is 10.5. The fourth-order valence-electron chi connectivity index (χ4n) is 0.752. The summed E-state index contributed by atoms with van der Waals surface area (Å²) in [7, 11) is 0. The second kappa shape index (κ2) is 3.64.